The number of hydrogen-bond donors (Lipinski definition) is 1. The summed E-state index contributed by atoms with van der Waals surface area (Å²) in [4.78, 5) is 11.1. The highest BCUT2D eigenvalue weighted by Crippen LogP contribution is 2.29. The summed E-state index contributed by atoms with van der Waals surface area (Å²) in [7, 11) is 1.35. The van der Waals surface area contributed by atoms with Gasteiger partial charge in [-0.15, -0.1) is 0 Å². The zero-order chi connectivity index (χ0) is 13.7. The first-order valence-corrected chi connectivity index (χ1v) is 6.51. The molecule has 2 N–H and O–H groups in total. The smallest absolute Gasteiger partial charge is 0.330 e. The van der Waals surface area contributed by atoms with Crippen LogP contribution in [0.4, 0.5) is 5.69 Å². The van der Waals surface area contributed by atoms with Crippen LogP contribution in [0.5, 0.6) is 5.75 Å². The van der Waals surface area contributed by atoms with Crippen LogP contribution < -0.4 is 10.5 Å². The van der Waals surface area contributed by atoms with Crippen LogP contribution in [0.1, 0.15) is 31.2 Å². The third kappa shape index (κ3) is 3.74. The highest BCUT2D eigenvalue weighted by Gasteiger charge is 2.17. The second-order valence-corrected chi connectivity index (χ2v) is 4.68. The fourth-order valence-electron chi connectivity index (χ4n) is 2.17. The summed E-state index contributed by atoms with van der Waals surface area (Å²) in [6.45, 7) is 0. The van der Waals surface area contributed by atoms with Crippen molar-refractivity contribution in [2.24, 2.45) is 0 Å². The molecule has 0 aliphatic heterocycles. The van der Waals surface area contributed by atoms with E-state index in [9.17, 15) is 4.79 Å². The number of carbonyl (C=O) groups excluding carboxylic acids is 1. The van der Waals surface area contributed by atoms with Crippen molar-refractivity contribution in [3.63, 3.8) is 0 Å². The van der Waals surface area contributed by atoms with Crippen molar-refractivity contribution in [1.29, 1.82) is 0 Å². The summed E-state index contributed by atoms with van der Waals surface area (Å²) in [5.41, 5.74) is 7.40. The van der Waals surface area contributed by atoms with Gasteiger partial charge in [-0.05, 0) is 49.5 Å². The molecule has 0 bridgehead atoms. The molecule has 1 aliphatic rings. The Kier molecular flexibility index (Phi) is 4.44. The highest BCUT2D eigenvalue weighted by molar-refractivity contribution is 5.87. The second-order valence-electron chi connectivity index (χ2n) is 4.68. The Balaban J connectivity index is 2.09. The first-order chi connectivity index (χ1) is 9.19. The molecule has 0 spiro atoms. The molecule has 102 valence electrons. The van der Waals surface area contributed by atoms with Crippen LogP contribution in [0.3, 0.4) is 0 Å². The average Bonchev–Trinajstić information content (AvgIpc) is 2.92. The summed E-state index contributed by atoms with van der Waals surface area (Å²) in [6.07, 6.45) is 7.93. The van der Waals surface area contributed by atoms with Gasteiger partial charge in [-0.25, -0.2) is 4.79 Å². The van der Waals surface area contributed by atoms with E-state index in [0.29, 0.717) is 11.4 Å². The lowest BCUT2D eigenvalue weighted by Crippen LogP contribution is -2.12. The standard InChI is InChI=1S/C15H19NO3/c1-18-15(17)9-7-11-6-8-13(16)14(10-11)19-12-4-2-3-5-12/h6-10,12H,2-5,16H2,1H3. The van der Waals surface area contributed by atoms with E-state index < -0.39 is 0 Å². The number of anilines is 1. The van der Waals surface area contributed by atoms with E-state index in [1.54, 1.807) is 12.1 Å². The summed E-state index contributed by atoms with van der Waals surface area (Å²) in [5.74, 6) is 0.314. The van der Waals surface area contributed by atoms with Crippen LogP contribution in [0, 0.1) is 0 Å². The summed E-state index contributed by atoms with van der Waals surface area (Å²) < 4.78 is 10.5. The fraction of sp³-hybridized carbons (Fsp3) is 0.400. The fourth-order valence-corrected chi connectivity index (χ4v) is 2.17. The van der Waals surface area contributed by atoms with Gasteiger partial charge in [0.25, 0.3) is 0 Å². The van der Waals surface area contributed by atoms with Gasteiger partial charge in [0.2, 0.25) is 0 Å². The summed E-state index contributed by atoms with van der Waals surface area (Å²) in [5, 5.41) is 0. The lowest BCUT2D eigenvalue weighted by molar-refractivity contribution is -0.134. The predicted molar refractivity (Wildman–Crippen MR) is 74.8 cm³/mol. The number of esters is 1. The Morgan fingerprint density at radius 2 is 2.11 bits per heavy atom. The molecule has 0 saturated heterocycles. The van der Waals surface area contributed by atoms with Gasteiger partial charge in [0, 0.05) is 6.08 Å². The van der Waals surface area contributed by atoms with E-state index in [0.717, 1.165) is 18.4 Å². The molecule has 4 nitrogen and oxygen atoms in total. The number of benzene rings is 1. The number of methoxy groups -OCH3 is 1. The Labute approximate surface area is 113 Å². The molecule has 0 atom stereocenters. The van der Waals surface area contributed by atoms with Gasteiger partial charge in [0.15, 0.2) is 0 Å². The number of nitrogen functional groups attached to an aromatic ring is 1. The van der Waals surface area contributed by atoms with Gasteiger partial charge in [-0.3, -0.25) is 0 Å². The normalized spacial score (nSPS) is 15.8. The van der Waals surface area contributed by atoms with Crippen molar-refractivity contribution >= 4 is 17.7 Å². The Bertz CT molecular complexity index is 476. The van der Waals surface area contributed by atoms with Gasteiger partial charge < -0.3 is 15.2 Å². The molecule has 1 aliphatic carbocycles. The van der Waals surface area contributed by atoms with Crippen molar-refractivity contribution in [3.05, 3.63) is 29.8 Å². The Morgan fingerprint density at radius 1 is 1.37 bits per heavy atom. The quantitative estimate of drug-likeness (QED) is 0.514. The Morgan fingerprint density at radius 3 is 2.79 bits per heavy atom. The van der Waals surface area contributed by atoms with Gasteiger partial charge in [0.1, 0.15) is 5.75 Å². The van der Waals surface area contributed by atoms with Crippen LogP contribution >= 0.6 is 0 Å². The predicted octanol–water partition coefficient (Wildman–Crippen LogP) is 2.78. The molecule has 0 heterocycles. The molecular formula is C15H19NO3. The SMILES string of the molecule is COC(=O)C=Cc1ccc(N)c(OC2CCCC2)c1. The zero-order valence-electron chi connectivity index (χ0n) is 11.1. The van der Waals surface area contributed by atoms with Crippen molar-refractivity contribution in [2.75, 3.05) is 12.8 Å². The molecule has 0 unspecified atom stereocenters. The van der Waals surface area contributed by atoms with Crippen molar-refractivity contribution in [2.45, 2.75) is 31.8 Å². The third-order valence-electron chi connectivity index (χ3n) is 3.25. The van der Waals surface area contributed by atoms with E-state index in [-0.39, 0.29) is 12.1 Å². The van der Waals surface area contributed by atoms with Crippen LogP contribution in [-0.4, -0.2) is 19.2 Å². The lowest BCUT2D eigenvalue weighted by atomic mass is 10.1. The van der Waals surface area contributed by atoms with Gasteiger partial charge in [-0.2, -0.15) is 0 Å². The minimum Gasteiger partial charge on any atom is -0.488 e. The van der Waals surface area contributed by atoms with Gasteiger partial charge >= 0.3 is 5.97 Å². The molecule has 1 aromatic rings. The summed E-state index contributed by atoms with van der Waals surface area (Å²) in [6, 6.07) is 5.49. The molecule has 1 aromatic carbocycles. The molecule has 0 radical (unpaired) electrons. The van der Waals surface area contributed by atoms with E-state index in [1.807, 2.05) is 12.1 Å². The molecule has 0 amide bonds. The van der Waals surface area contributed by atoms with E-state index in [1.165, 1.54) is 26.0 Å². The molecule has 2 rings (SSSR count). The average molecular weight is 261 g/mol. The molecule has 4 heteroatoms. The van der Waals surface area contributed by atoms with E-state index >= 15 is 0 Å². The lowest BCUT2D eigenvalue weighted by Gasteiger charge is -2.15. The van der Waals surface area contributed by atoms with Crippen molar-refractivity contribution < 1.29 is 14.3 Å². The Hall–Kier alpha value is -1.97. The maximum Gasteiger partial charge on any atom is 0.330 e. The van der Waals surface area contributed by atoms with Gasteiger partial charge in [0.05, 0.1) is 18.9 Å². The van der Waals surface area contributed by atoms with Crippen LogP contribution in [0.2, 0.25) is 0 Å². The third-order valence-corrected chi connectivity index (χ3v) is 3.25. The second kappa shape index (κ2) is 6.27. The number of hydrogen-bond acceptors (Lipinski definition) is 4. The monoisotopic (exact) mass is 261 g/mol. The summed E-state index contributed by atoms with van der Waals surface area (Å²) >= 11 is 0. The molecule has 0 aromatic heterocycles. The first kappa shape index (κ1) is 13.5. The van der Waals surface area contributed by atoms with Gasteiger partial charge in [-0.1, -0.05) is 6.07 Å². The molecule has 1 fully saturated rings. The molecule has 19 heavy (non-hydrogen) atoms. The van der Waals surface area contributed by atoms with Crippen molar-refractivity contribution in [1.82, 2.24) is 0 Å². The number of nitrogens with two attached hydrogens (primary N) is 1. The molecular weight excluding hydrogens is 242 g/mol. The number of rotatable bonds is 4. The minimum atomic E-state index is -0.380. The van der Waals surface area contributed by atoms with Crippen LogP contribution in [0.15, 0.2) is 24.3 Å². The van der Waals surface area contributed by atoms with Crippen molar-refractivity contribution in [3.8, 4) is 5.75 Å². The van der Waals surface area contributed by atoms with E-state index in [4.69, 9.17) is 10.5 Å². The zero-order valence-corrected chi connectivity index (χ0v) is 11.1. The number of ether oxygens (including phenoxy) is 2. The highest BCUT2D eigenvalue weighted by atomic mass is 16.5. The van der Waals surface area contributed by atoms with E-state index in [2.05, 4.69) is 4.74 Å². The topological polar surface area (TPSA) is 61.5 Å². The largest absolute Gasteiger partial charge is 0.488 e. The van der Waals surface area contributed by atoms with Crippen LogP contribution in [-0.2, 0) is 9.53 Å². The minimum absolute atomic E-state index is 0.266. The van der Waals surface area contributed by atoms with Crippen LogP contribution in [0.25, 0.3) is 6.08 Å². The first-order valence-electron chi connectivity index (χ1n) is 6.51. The maximum absolute atomic E-state index is 11.1. The number of carbonyl (C=O) groups is 1. The molecule has 1 saturated carbocycles. The maximum atomic E-state index is 11.1.